The number of carboxylic acids is 1. The van der Waals surface area contributed by atoms with E-state index in [9.17, 15) is 4.79 Å². The zero-order chi connectivity index (χ0) is 13.0. The van der Waals surface area contributed by atoms with Gasteiger partial charge in [-0.3, -0.25) is 9.48 Å². The maximum atomic E-state index is 10.5. The Hall–Kier alpha value is -1.89. The first-order valence-electron chi connectivity index (χ1n) is 5.52. The highest BCUT2D eigenvalue weighted by molar-refractivity contribution is 7.13. The van der Waals surface area contributed by atoms with Gasteiger partial charge < -0.3 is 10.4 Å². The van der Waals surface area contributed by atoms with E-state index >= 15 is 0 Å². The summed E-state index contributed by atoms with van der Waals surface area (Å²) >= 11 is 1.42. The average Bonchev–Trinajstić information content (AvgIpc) is 2.89. The number of nitrogens with zero attached hydrogens (tertiary/aromatic N) is 3. The first-order chi connectivity index (χ1) is 8.65. The van der Waals surface area contributed by atoms with Crippen LogP contribution in [0.3, 0.4) is 0 Å². The van der Waals surface area contributed by atoms with Crippen LogP contribution >= 0.6 is 11.3 Å². The van der Waals surface area contributed by atoms with Gasteiger partial charge in [-0.05, 0) is 6.07 Å². The Bertz CT molecular complexity index is 535. The summed E-state index contributed by atoms with van der Waals surface area (Å²) in [7, 11) is 1.91. The Balaban J connectivity index is 1.82. The Labute approximate surface area is 108 Å². The van der Waals surface area contributed by atoms with Gasteiger partial charge in [0.05, 0.1) is 12.1 Å². The monoisotopic (exact) mass is 266 g/mol. The van der Waals surface area contributed by atoms with Crippen LogP contribution in [0, 0.1) is 0 Å². The molecule has 6 nitrogen and oxygen atoms in total. The molecule has 2 heterocycles. The first-order valence-corrected chi connectivity index (χ1v) is 6.40. The van der Waals surface area contributed by atoms with E-state index in [1.165, 1.54) is 11.3 Å². The SMILES string of the molecule is Cn1nccc1CCNc1nc(CC(=O)O)cs1. The molecule has 0 spiro atoms. The van der Waals surface area contributed by atoms with Crippen LogP contribution < -0.4 is 5.32 Å². The summed E-state index contributed by atoms with van der Waals surface area (Å²) in [5, 5.41) is 18.4. The highest BCUT2D eigenvalue weighted by atomic mass is 32.1. The smallest absolute Gasteiger partial charge is 0.309 e. The molecule has 0 saturated carbocycles. The Morgan fingerprint density at radius 2 is 2.44 bits per heavy atom. The van der Waals surface area contributed by atoms with Crippen molar-refractivity contribution in [2.45, 2.75) is 12.8 Å². The van der Waals surface area contributed by atoms with E-state index in [2.05, 4.69) is 15.4 Å². The second-order valence-electron chi connectivity index (χ2n) is 3.84. The molecule has 0 saturated heterocycles. The summed E-state index contributed by atoms with van der Waals surface area (Å²) in [5.74, 6) is -0.860. The van der Waals surface area contributed by atoms with Crippen LogP contribution in [0.25, 0.3) is 0 Å². The van der Waals surface area contributed by atoms with Crippen LogP contribution in [-0.2, 0) is 24.7 Å². The number of nitrogens with one attached hydrogen (secondary N) is 1. The molecule has 0 aliphatic rings. The third kappa shape index (κ3) is 3.30. The van der Waals surface area contributed by atoms with Gasteiger partial charge in [0.25, 0.3) is 0 Å². The van der Waals surface area contributed by atoms with Crippen LogP contribution in [-0.4, -0.2) is 32.4 Å². The van der Waals surface area contributed by atoms with Gasteiger partial charge in [-0.25, -0.2) is 4.98 Å². The summed E-state index contributed by atoms with van der Waals surface area (Å²) in [6.45, 7) is 0.750. The van der Waals surface area contributed by atoms with Crippen LogP contribution in [0.2, 0.25) is 0 Å². The van der Waals surface area contributed by atoms with Crippen molar-refractivity contribution < 1.29 is 9.90 Å². The minimum absolute atomic E-state index is 0.0279. The van der Waals surface area contributed by atoms with E-state index in [1.54, 1.807) is 11.6 Å². The molecule has 0 bridgehead atoms. The van der Waals surface area contributed by atoms with Crippen molar-refractivity contribution in [3.8, 4) is 0 Å². The lowest BCUT2D eigenvalue weighted by atomic mass is 10.3. The summed E-state index contributed by atoms with van der Waals surface area (Å²) in [5.41, 5.74) is 1.74. The largest absolute Gasteiger partial charge is 0.481 e. The number of carbonyl (C=O) groups is 1. The summed E-state index contributed by atoms with van der Waals surface area (Å²) in [6, 6.07) is 1.97. The van der Waals surface area contributed by atoms with Crippen molar-refractivity contribution in [3.05, 3.63) is 29.0 Å². The zero-order valence-electron chi connectivity index (χ0n) is 9.96. The minimum atomic E-state index is -0.860. The lowest BCUT2D eigenvalue weighted by Gasteiger charge is -2.03. The van der Waals surface area contributed by atoms with Gasteiger partial charge >= 0.3 is 5.97 Å². The van der Waals surface area contributed by atoms with Crippen molar-refractivity contribution in [1.29, 1.82) is 0 Å². The third-order valence-electron chi connectivity index (χ3n) is 2.46. The Morgan fingerprint density at radius 3 is 3.11 bits per heavy atom. The fourth-order valence-electron chi connectivity index (χ4n) is 1.57. The van der Waals surface area contributed by atoms with Crippen molar-refractivity contribution in [1.82, 2.24) is 14.8 Å². The number of anilines is 1. The highest BCUT2D eigenvalue weighted by Gasteiger charge is 2.06. The van der Waals surface area contributed by atoms with Gasteiger partial charge in [-0.2, -0.15) is 5.10 Å². The molecule has 0 fully saturated rings. The molecular weight excluding hydrogens is 252 g/mol. The minimum Gasteiger partial charge on any atom is -0.481 e. The van der Waals surface area contributed by atoms with Crippen LogP contribution in [0.5, 0.6) is 0 Å². The number of hydrogen-bond donors (Lipinski definition) is 2. The number of rotatable bonds is 6. The molecule has 0 unspecified atom stereocenters. The van der Waals surface area contributed by atoms with Gasteiger partial charge in [-0.15, -0.1) is 11.3 Å². The highest BCUT2D eigenvalue weighted by Crippen LogP contribution is 2.15. The van der Waals surface area contributed by atoms with E-state index < -0.39 is 5.97 Å². The van der Waals surface area contributed by atoms with Crippen LogP contribution in [0.15, 0.2) is 17.6 Å². The molecule has 0 amide bonds. The Morgan fingerprint density at radius 1 is 1.61 bits per heavy atom. The number of thiazole rings is 1. The average molecular weight is 266 g/mol. The van der Waals surface area contributed by atoms with E-state index in [1.807, 2.05) is 17.8 Å². The normalized spacial score (nSPS) is 10.5. The van der Waals surface area contributed by atoms with E-state index in [0.29, 0.717) is 5.69 Å². The topological polar surface area (TPSA) is 80.0 Å². The number of aromatic nitrogens is 3. The van der Waals surface area contributed by atoms with Gasteiger partial charge in [0.2, 0.25) is 0 Å². The first kappa shape index (κ1) is 12.6. The van der Waals surface area contributed by atoms with Gasteiger partial charge in [0, 0.05) is 37.3 Å². The lowest BCUT2D eigenvalue weighted by molar-refractivity contribution is -0.136. The van der Waals surface area contributed by atoms with Crippen molar-refractivity contribution in [3.63, 3.8) is 0 Å². The number of hydrogen-bond acceptors (Lipinski definition) is 5. The maximum absolute atomic E-state index is 10.5. The standard InChI is InChI=1S/C11H14N4O2S/c1-15-9(3-5-13-15)2-4-12-11-14-8(7-18-11)6-10(16)17/h3,5,7H,2,4,6H2,1H3,(H,12,14)(H,16,17). The lowest BCUT2D eigenvalue weighted by Crippen LogP contribution is -2.08. The summed E-state index contributed by atoms with van der Waals surface area (Å²) in [4.78, 5) is 14.7. The zero-order valence-corrected chi connectivity index (χ0v) is 10.8. The molecule has 96 valence electrons. The van der Waals surface area contributed by atoms with Crippen LogP contribution in [0.1, 0.15) is 11.4 Å². The quantitative estimate of drug-likeness (QED) is 0.820. The molecular formula is C11H14N4O2S. The van der Waals surface area contributed by atoms with E-state index in [-0.39, 0.29) is 6.42 Å². The number of aliphatic carboxylic acids is 1. The molecule has 2 aromatic rings. The second-order valence-corrected chi connectivity index (χ2v) is 4.70. The van der Waals surface area contributed by atoms with Gasteiger partial charge in [-0.1, -0.05) is 0 Å². The second kappa shape index (κ2) is 5.63. The molecule has 0 aliphatic heterocycles. The molecule has 0 atom stereocenters. The molecule has 0 aliphatic carbocycles. The molecule has 2 aromatic heterocycles. The molecule has 0 aromatic carbocycles. The van der Waals surface area contributed by atoms with E-state index in [4.69, 9.17) is 5.11 Å². The van der Waals surface area contributed by atoms with Gasteiger partial charge in [0.1, 0.15) is 0 Å². The predicted octanol–water partition coefficient (Wildman–Crippen LogP) is 1.16. The van der Waals surface area contributed by atoms with Gasteiger partial charge in [0.15, 0.2) is 5.13 Å². The molecule has 0 radical (unpaired) electrons. The fraction of sp³-hybridized carbons (Fsp3) is 0.364. The fourth-order valence-corrected chi connectivity index (χ4v) is 2.31. The van der Waals surface area contributed by atoms with Crippen molar-refractivity contribution in [2.75, 3.05) is 11.9 Å². The number of aryl methyl sites for hydroxylation is 1. The molecule has 18 heavy (non-hydrogen) atoms. The summed E-state index contributed by atoms with van der Waals surface area (Å²) < 4.78 is 1.83. The molecule has 7 heteroatoms. The predicted molar refractivity (Wildman–Crippen MR) is 68.9 cm³/mol. The van der Waals surface area contributed by atoms with Crippen molar-refractivity contribution >= 4 is 22.4 Å². The van der Waals surface area contributed by atoms with Crippen molar-refractivity contribution in [2.24, 2.45) is 7.05 Å². The maximum Gasteiger partial charge on any atom is 0.309 e. The molecule has 2 N–H and O–H groups in total. The molecule has 2 rings (SSSR count). The number of carboxylic acid groups (broad SMARTS) is 1. The third-order valence-corrected chi connectivity index (χ3v) is 3.31. The van der Waals surface area contributed by atoms with E-state index in [0.717, 1.165) is 23.8 Å². The Kier molecular flexibility index (Phi) is 3.93. The summed E-state index contributed by atoms with van der Waals surface area (Å²) in [6.07, 6.45) is 2.59. The van der Waals surface area contributed by atoms with Crippen LogP contribution in [0.4, 0.5) is 5.13 Å².